The van der Waals surface area contributed by atoms with Gasteiger partial charge in [-0.15, -0.1) is 0 Å². The standard InChI is InChI=1S/C15H11.C9H13.C2H6Si.Zr/c1-2-6-12(7-3-1)15-11-10-13-8-4-5-9-14(13)15;1-6-5-7(2)9(4)8(6)3;1-3-2;/h1-11H;6H,1-4H3;1-2H3;. The molecule has 0 bridgehead atoms. The van der Waals surface area contributed by atoms with Gasteiger partial charge in [0.15, 0.2) is 0 Å². The summed E-state index contributed by atoms with van der Waals surface area (Å²) in [6.45, 7) is 14.8. The van der Waals surface area contributed by atoms with E-state index in [1.165, 1.54) is 16.7 Å². The molecule has 2 heteroatoms. The Labute approximate surface area is 178 Å². The molecule has 4 rings (SSSR count). The molecule has 0 saturated heterocycles. The van der Waals surface area contributed by atoms with Gasteiger partial charge in [0.05, 0.1) is 0 Å². The van der Waals surface area contributed by atoms with Crippen LogP contribution in [0, 0.1) is 5.92 Å². The zero-order valence-electron chi connectivity index (χ0n) is 17.9. The van der Waals surface area contributed by atoms with Crippen molar-refractivity contribution < 1.29 is 20.4 Å². The van der Waals surface area contributed by atoms with Gasteiger partial charge in [-0.1, -0.05) is 0 Å². The van der Waals surface area contributed by atoms with Crippen LogP contribution in [0.5, 0.6) is 0 Å². The van der Waals surface area contributed by atoms with Gasteiger partial charge in [-0.05, 0) is 0 Å². The molecule has 2 unspecified atom stereocenters. The maximum atomic E-state index is 2.67. The Hall–Kier alpha value is -1.24. The molecule has 0 spiro atoms. The van der Waals surface area contributed by atoms with Gasteiger partial charge in [0, 0.05) is 0 Å². The number of fused-ring (bicyclic) bond motifs is 1. The van der Waals surface area contributed by atoms with Gasteiger partial charge in [0.25, 0.3) is 0 Å². The summed E-state index contributed by atoms with van der Waals surface area (Å²) in [7, 11) is 0. The van der Waals surface area contributed by atoms with Gasteiger partial charge in [-0.25, -0.2) is 0 Å². The molecule has 28 heavy (non-hydrogen) atoms. The molecule has 2 aliphatic carbocycles. The SMILES string of the molecule is CC1=C(C)C(C)[C]([Zr]([CH]2C=C(c3ccccc3)c3ccccc32)=[Si](C)C)=C1C. The van der Waals surface area contributed by atoms with Gasteiger partial charge in [-0.3, -0.25) is 0 Å². The van der Waals surface area contributed by atoms with Crippen molar-refractivity contribution in [1.29, 1.82) is 0 Å². The molecule has 0 nitrogen and oxygen atoms in total. The second-order valence-electron chi connectivity index (χ2n) is 8.49. The molecular formula is C26H30SiZr. The van der Waals surface area contributed by atoms with Crippen LogP contribution >= 0.6 is 0 Å². The number of benzene rings is 2. The van der Waals surface area contributed by atoms with E-state index in [9.17, 15) is 0 Å². The number of allylic oxidation sites excluding steroid dienone is 5. The molecule has 0 amide bonds. The summed E-state index contributed by atoms with van der Waals surface area (Å²) in [6.07, 6.45) is 2.67. The Morgan fingerprint density at radius 3 is 2.07 bits per heavy atom. The molecule has 0 fully saturated rings. The molecule has 0 aliphatic heterocycles. The summed E-state index contributed by atoms with van der Waals surface area (Å²) >= 11 is -1.88. The minimum atomic E-state index is -1.88. The topological polar surface area (TPSA) is 0 Å². The Morgan fingerprint density at radius 2 is 1.46 bits per heavy atom. The van der Waals surface area contributed by atoms with Crippen LogP contribution in [0.4, 0.5) is 0 Å². The summed E-state index contributed by atoms with van der Waals surface area (Å²) in [6, 6.07) is 20.2. The first-order valence-electron chi connectivity index (χ1n) is 10.3. The summed E-state index contributed by atoms with van der Waals surface area (Å²) < 4.78 is 2.59. The van der Waals surface area contributed by atoms with Crippen molar-refractivity contribution in [3.8, 4) is 0 Å². The van der Waals surface area contributed by atoms with Crippen molar-refractivity contribution in [2.45, 2.75) is 44.4 Å². The van der Waals surface area contributed by atoms with Crippen LogP contribution in [0.25, 0.3) is 5.57 Å². The first-order valence-corrected chi connectivity index (χ1v) is 19.2. The molecule has 2 aromatic carbocycles. The quantitative estimate of drug-likeness (QED) is 0.421. The average molecular weight is 462 g/mol. The first kappa shape index (κ1) is 20.0. The fourth-order valence-corrected chi connectivity index (χ4v) is 24.7. The molecule has 0 saturated carbocycles. The van der Waals surface area contributed by atoms with Crippen LogP contribution in [-0.4, -0.2) is 5.43 Å². The molecule has 0 heterocycles. The van der Waals surface area contributed by atoms with E-state index in [1.807, 2.05) is 3.28 Å². The van der Waals surface area contributed by atoms with Gasteiger partial charge >= 0.3 is 179 Å². The van der Waals surface area contributed by atoms with Crippen LogP contribution in [-0.2, 0) is 20.4 Å². The maximum absolute atomic E-state index is 2.67. The zero-order valence-corrected chi connectivity index (χ0v) is 21.4. The van der Waals surface area contributed by atoms with E-state index in [0.29, 0.717) is 9.54 Å². The summed E-state index contributed by atoms with van der Waals surface area (Å²) in [5.41, 5.74) is 10.4. The van der Waals surface area contributed by atoms with Gasteiger partial charge < -0.3 is 0 Å². The van der Waals surface area contributed by atoms with Crippen molar-refractivity contribution in [3.63, 3.8) is 0 Å². The van der Waals surface area contributed by atoms with E-state index in [0.717, 1.165) is 0 Å². The van der Waals surface area contributed by atoms with Crippen molar-refractivity contribution in [2.24, 2.45) is 5.92 Å². The zero-order chi connectivity index (χ0) is 20.0. The Kier molecular flexibility index (Phi) is 5.64. The van der Waals surface area contributed by atoms with Gasteiger partial charge in [0.2, 0.25) is 0 Å². The van der Waals surface area contributed by atoms with Gasteiger partial charge in [-0.2, -0.15) is 0 Å². The van der Waals surface area contributed by atoms with E-state index < -0.39 is 20.4 Å². The van der Waals surface area contributed by atoms with Gasteiger partial charge in [0.1, 0.15) is 0 Å². The average Bonchev–Trinajstić information content (AvgIpc) is 3.17. The number of hydrogen-bond donors (Lipinski definition) is 0. The molecule has 0 radical (unpaired) electrons. The molecule has 0 aromatic heterocycles. The Balaban J connectivity index is 1.91. The Morgan fingerprint density at radius 1 is 0.821 bits per heavy atom. The molecule has 2 atom stereocenters. The van der Waals surface area contributed by atoms with E-state index >= 15 is 0 Å². The second kappa shape index (κ2) is 7.88. The van der Waals surface area contributed by atoms with Crippen LogP contribution in [0.2, 0.25) is 13.1 Å². The van der Waals surface area contributed by atoms with E-state index in [-0.39, 0.29) is 5.43 Å². The number of hydrogen-bond acceptors (Lipinski definition) is 0. The monoisotopic (exact) mass is 460 g/mol. The fraction of sp³-hybridized carbons (Fsp3) is 0.308. The van der Waals surface area contributed by atoms with Crippen LogP contribution in [0.15, 0.2) is 80.7 Å². The predicted molar refractivity (Wildman–Crippen MR) is 120 cm³/mol. The minimum absolute atomic E-state index is 0.329. The predicted octanol–water partition coefficient (Wildman–Crippen LogP) is 7.30. The van der Waals surface area contributed by atoms with E-state index in [1.54, 1.807) is 22.3 Å². The third-order valence-electron chi connectivity index (χ3n) is 6.78. The van der Waals surface area contributed by atoms with E-state index in [2.05, 4.69) is 101 Å². The molecule has 0 N–H and O–H groups in total. The van der Waals surface area contributed by atoms with Crippen molar-refractivity contribution in [1.82, 2.24) is 0 Å². The van der Waals surface area contributed by atoms with Crippen LogP contribution in [0.3, 0.4) is 0 Å². The van der Waals surface area contributed by atoms with Crippen molar-refractivity contribution >= 4 is 11.0 Å². The second-order valence-corrected chi connectivity index (χ2v) is 25.9. The van der Waals surface area contributed by atoms with Crippen LogP contribution in [0.1, 0.15) is 48.0 Å². The summed E-state index contributed by atoms with van der Waals surface area (Å²) in [5.74, 6) is 0.663. The fourth-order valence-electron chi connectivity index (χ4n) is 5.01. The summed E-state index contributed by atoms with van der Waals surface area (Å²) in [4.78, 5) is 0. The van der Waals surface area contributed by atoms with E-state index in [4.69, 9.17) is 0 Å². The molecule has 2 aliphatic rings. The first-order chi connectivity index (χ1) is 13.4. The summed E-state index contributed by atoms with van der Waals surface area (Å²) in [5, 5.41) is 0. The van der Waals surface area contributed by atoms with Crippen molar-refractivity contribution in [2.75, 3.05) is 0 Å². The molecule has 2 aromatic rings. The normalized spacial score (nSPS) is 21.1. The third kappa shape index (κ3) is 3.23. The third-order valence-corrected chi connectivity index (χ3v) is 25.4. The van der Waals surface area contributed by atoms with Crippen LogP contribution < -0.4 is 0 Å². The van der Waals surface area contributed by atoms with Crippen molar-refractivity contribution in [3.05, 3.63) is 97.4 Å². The Bertz CT molecular complexity index is 1060. The molecular weight excluding hydrogens is 432 g/mol. The molecule has 142 valence electrons. The number of rotatable bonds is 3.